The molecule has 0 amide bonds. The molecule has 0 aliphatic heterocycles. The van der Waals surface area contributed by atoms with Gasteiger partial charge in [0.05, 0.1) is 11.9 Å². The molecule has 0 unspecified atom stereocenters. The predicted molar refractivity (Wildman–Crippen MR) is 111 cm³/mol. The molecule has 0 spiro atoms. The van der Waals surface area contributed by atoms with Gasteiger partial charge in [0.1, 0.15) is 5.58 Å². The molecule has 5 aromatic rings. The van der Waals surface area contributed by atoms with E-state index >= 15 is 0 Å². The quantitative estimate of drug-likeness (QED) is 0.369. The van der Waals surface area contributed by atoms with Crippen molar-refractivity contribution in [3.8, 4) is 11.3 Å². The molecule has 0 aliphatic rings. The van der Waals surface area contributed by atoms with Crippen LogP contribution >= 0.6 is 0 Å². The van der Waals surface area contributed by atoms with Gasteiger partial charge in [-0.25, -0.2) is 0 Å². The van der Waals surface area contributed by atoms with Crippen LogP contribution in [-0.4, -0.2) is 4.98 Å². The number of hydrogen-bond acceptors (Lipinski definition) is 2. The van der Waals surface area contributed by atoms with Crippen molar-refractivity contribution in [3.05, 3.63) is 102 Å². The number of rotatable bonds is 3. The normalized spacial score (nSPS) is 11.3. The summed E-state index contributed by atoms with van der Waals surface area (Å²) < 4.78 is 5.90. The predicted octanol–water partition coefficient (Wildman–Crippen LogP) is 6.55. The minimum atomic E-state index is 0.830. The summed E-state index contributed by atoms with van der Waals surface area (Å²) in [4.78, 5) is 4.66. The molecule has 0 saturated heterocycles. The average molecular weight is 349 g/mol. The topological polar surface area (TPSA) is 26.0 Å². The lowest BCUT2D eigenvalue weighted by molar-refractivity contribution is 0.667. The van der Waals surface area contributed by atoms with E-state index in [1.54, 1.807) is 0 Å². The lowest BCUT2D eigenvalue weighted by Gasteiger charge is -2.09. The summed E-state index contributed by atoms with van der Waals surface area (Å²) in [5.41, 5.74) is 7.80. The number of hydrogen-bond donors (Lipinski definition) is 0. The van der Waals surface area contributed by atoms with E-state index in [2.05, 4.69) is 72.6 Å². The van der Waals surface area contributed by atoms with Crippen molar-refractivity contribution in [2.24, 2.45) is 0 Å². The standard InChI is InChI=1S/C25H19NO/c1-17-11-12-19(14-20(17)13-18-7-3-2-4-8-18)23-15-22-21-9-5-6-10-24(21)27-25(22)16-26-23/h2-12,14-16H,13H2,1H3. The number of furan rings is 1. The van der Waals surface area contributed by atoms with Crippen LogP contribution in [0.1, 0.15) is 16.7 Å². The summed E-state index contributed by atoms with van der Waals surface area (Å²) in [6.07, 6.45) is 2.76. The highest BCUT2D eigenvalue weighted by Crippen LogP contribution is 2.31. The third-order valence-electron chi connectivity index (χ3n) is 5.15. The Morgan fingerprint density at radius 3 is 2.48 bits per heavy atom. The summed E-state index contributed by atoms with van der Waals surface area (Å²) in [5, 5.41) is 2.24. The Bertz CT molecular complexity index is 1250. The van der Waals surface area contributed by atoms with E-state index in [0.717, 1.165) is 39.6 Å². The molecule has 5 rings (SSSR count). The number of aromatic nitrogens is 1. The van der Waals surface area contributed by atoms with Gasteiger partial charge >= 0.3 is 0 Å². The van der Waals surface area contributed by atoms with Crippen molar-refractivity contribution < 1.29 is 4.42 Å². The van der Waals surface area contributed by atoms with Gasteiger partial charge in [-0.1, -0.05) is 60.7 Å². The molecule has 0 aliphatic carbocycles. The number of fused-ring (bicyclic) bond motifs is 3. The van der Waals surface area contributed by atoms with Gasteiger partial charge in [-0.3, -0.25) is 4.98 Å². The minimum absolute atomic E-state index is 0.830. The molecule has 130 valence electrons. The lowest BCUT2D eigenvalue weighted by atomic mass is 9.97. The van der Waals surface area contributed by atoms with Crippen molar-refractivity contribution in [2.45, 2.75) is 13.3 Å². The second kappa shape index (κ2) is 6.40. The third kappa shape index (κ3) is 2.89. The molecule has 0 bridgehead atoms. The SMILES string of the molecule is Cc1ccc(-c2cc3c(cn2)oc2ccccc23)cc1Cc1ccccc1. The van der Waals surface area contributed by atoms with Crippen molar-refractivity contribution in [1.29, 1.82) is 0 Å². The first kappa shape index (κ1) is 15.8. The second-order valence-corrected chi connectivity index (χ2v) is 6.97. The summed E-state index contributed by atoms with van der Waals surface area (Å²) in [5.74, 6) is 0. The van der Waals surface area contributed by atoms with Crippen molar-refractivity contribution in [3.63, 3.8) is 0 Å². The first-order chi connectivity index (χ1) is 13.3. The number of benzene rings is 3. The monoisotopic (exact) mass is 349 g/mol. The highest BCUT2D eigenvalue weighted by atomic mass is 16.3. The Hall–Kier alpha value is -3.39. The molecule has 0 N–H and O–H groups in total. The average Bonchev–Trinajstić information content (AvgIpc) is 3.08. The molecule has 27 heavy (non-hydrogen) atoms. The molecule has 3 aromatic carbocycles. The van der Waals surface area contributed by atoms with Crippen LogP contribution < -0.4 is 0 Å². The van der Waals surface area contributed by atoms with Crippen LogP contribution in [0.4, 0.5) is 0 Å². The zero-order valence-corrected chi connectivity index (χ0v) is 15.1. The Balaban J connectivity index is 1.60. The van der Waals surface area contributed by atoms with E-state index in [1.165, 1.54) is 16.7 Å². The fourth-order valence-electron chi connectivity index (χ4n) is 3.63. The molecule has 2 heterocycles. The Kier molecular flexibility index (Phi) is 3.75. The van der Waals surface area contributed by atoms with E-state index < -0.39 is 0 Å². The fraction of sp³-hybridized carbons (Fsp3) is 0.0800. The zero-order chi connectivity index (χ0) is 18.2. The molecular weight excluding hydrogens is 330 g/mol. The zero-order valence-electron chi connectivity index (χ0n) is 15.1. The van der Waals surface area contributed by atoms with Gasteiger partial charge in [0, 0.05) is 16.3 Å². The van der Waals surface area contributed by atoms with Crippen LogP contribution in [0.3, 0.4) is 0 Å². The molecule has 0 saturated carbocycles. The summed E-state index contributed by atoms with van der Waals surface area (Å²) in [6.45, 7) is 2.17. The van der Waals surface area contributed by atoms with Crippen LogP contribution in [-0.2, 0) is 6.42 Å². The maximum Gasteiger partial charge on any atom is 0.153 e. The molecule has 0 radical (unpaired) electrons. The fourth-order valence-corrected chi connectivity index (χ4v) is 3.63. The summed E-state index contributed by atoms with van der Waals surface area (Å²) in [6, 6.07) is 27.5. The van der Waals surface area contributed by atoms with Gasteiger partial charge in [-0.05, 0) is 48.2 Å². The van der Waals surface area contributed by atoms with Gasteiger partial charge in [0.15, 0.2) is 5.58 Å². The van der Waals surface area contributed by atoms with Gasteiger partial charge in [-0.15, -0.1) is 0 Å². The maximum atomic E-state index is 5.90. The van der Waals surface area contributed by atoms with Crippen LogP contribution in [0.15, 0.2) is 89.5 Å². The van der Waals surface area contributed by atoms with Crippen molar-refractivity contribution in [1.82, 2.24) is 4.98 Å². The third-order valence-corrected chi connectivity index (χ3v) is 5.15. The highest BCUT2D eigenvalue weighted by Gasteiger charge is 2.10. The maximum absolute atomic E-state index is 5.90. The molecule has 2 heteroatoms. The Morgan fingerprint density at radius 2 is 1.59 bits per heavy atom. The number of nitrogens with zero attached hydrogens (tertiary/aromatic N) is 1. The Labute approximate surface area is 158 Å². The smallest absolute Gasteiger partial charge is 0.153 e. The minimum Gasteiger partial charge on any atom is -0.454 e. The first-order valence-electron chi connectivity index (χ1n) is 9.19. The van der Waals surface area contributed by atoms with E-state index in [-0.39, 0.29) is 0 Å². The Morgan fingerprint density at radius 1 is 0.778 bits per heavy atom. The number of aryl methyl sites for hydroxylation is 1. The van der Waals surface area contributed by atoms with Gasteiger partial charge in [-0.2, -0.15) is 0 Å². The largest absolute Gasteiger partial charge is 0.454 e. The molecule has 0 atom stereocenters. The van der Waals surface area contributed by atoms with E-state index in [4.69, 9.17) is 4.42 Å². The van der Waals surface area contributed by atoms with Crippen molar-refractivity contribution in [2.75, 3.05) is 0 Å². The molecule has 0 fully saturated rings. The number of pyridine rings is 1. The van der Waals surface area contributed by atoms with Crippen LogP contribution in [0.25, 0.3) is 33.2 Å². The van der Waals surface area contributed by atoms with Gasteiger partial charge < -0.3 is 4.42 Å². The molecule has 2 nitrogen and oxygen atoms in total. The van der Waals surface area contributed by atoms with Crippen LogP contribution in [0.2, 0.25) is 0 Å². The first-order valence-corrected chi connectivity index (χ1v) is 9.19. The highest BCUT2D eigenvalue weighted by molar-refractivity contribution is 6.05. The van der Waals surface area contributed by atoms with Gasteiger partial charge in [0.25, 0.3) is 0 Å². The summed E-state index contributed by atoms with van der Waals surface area (Å²) >= 11 is 0. The number of para-hydroxylation sites is 1. The van der Waals surface area contributed by atoms with Gasteiger partial charge in [0.2, 0.25) is 0 Å². The summed E-state index contributed by atoms with van der Waals surface area (Å²) in [7, 11) is 0. The van der Waals surface area contributed by atoms with Crippen LogP contribution in [0, 0.1) is 6.92 Å². The second-order valence-electron chi connectivity index (χ2n) is 6.97. The van der Waals surface area contributed by atoms with Crippen molar-refractivity contribution >= 4 is 21.9 Å². The lowest BCUT2D eigenvalue weighted by Crippen LogP contribution is -1.93. The van der Waals surface area contributed by atoms with E-state index in [0.29, 0.717) is 0 Å². The van der Waals surface area contributed by atoms with E-state index in [1.807, 2.05) is 24.4 Å². The van der Waals surface area contributed by atoms with E-state index in [9.17, 15) is 0 Å². The molecular formula is C25H19NO. The van der Waals surface area contributed by atoms with Crippen LogP contribution in [0.5, 0.6) is 0 Å². The molecule has 2 aromatic heterocycles.